The molecule has 0 aliphatic heterocycles. The molecule has 22 heavy (non-hydrogen) atoms. The molecule has 0 bridgehead atoms. The normalized spacial score (nSPS) is 16.5. The maximum Gasteiger partial charge on any atom is 0.144 e. The van der Waals surface area contributed by atoms with Crippen molar-refractivity contribution in [3.05, 3.63) is 71.8 Å². The van der Waals surface area contributed by atoms with Crippen molar-refractivity contribution in [1.29, 1.82) is 0 Å². The number of carbonyl (C=O) groups is 1. The summed E-state index contributed by atoms with van der Waals surface area (Å²) in [5.41, 5.74) is 1.43. The van der Waals surface area contributed by atoms with Crippen molar-refractivity contribution in [3.63, 3.8) is 0 Å². The summed E-state index contributed by atoms with van der Waals surface area (Å²) in [6.45, 7) is 3.41. The van der Waals surface area contributed by atoms with Gasteiger partial charge in [0, 0.05) is 11.8 Å². The van der Waals surface area contributed by atoms with Crippen LogP contribution in [-0.4, -0.2) is 16.0 Å². The Hall–Kier alpha value is -1.97. The fourth-order valence-corrected chi connectivity index (χ4v) is 2.60. The van der Waals surface area contributed by atoms with Gasteiger partial charge in [0.1, 0.15) is 5.78 Å². The third-order valence-corrected chi connectivity index (χ3v) is 4.13. The molecule has 2 rings (SSSR count). The topological polar surface area (TPSA) is 57.5 Å². The molecule has 0 aliphatic rings. The van der Waals surface area contributed by atoms with Crippen molar-refractivity contribution >= 4 is 5.78 Å². The van der Waals surface area contributed by atoms with Gasteiger partial charge in [0.25, 0.3) is 0 Å². The second kappa shape index (κ2) is 7.34. The molecule has 0 aromatic heterocycles. The highest BCUT2D eigenvalue weighted by atomic mass is 16.3. The maximum absolute atomic E-state index is 12.6. The summed E-state index contributed by atoms with van der Waals surface area (Å²) in [7, 11) is 0. The van der Waals surface area contributed by atoms with E-state index in [0.29, 0.717) is 11.1 Å². The van der Waals surface area contributed by atoms with Crippen LogP contribution in [0.3, 0.4) is 0 Å². The first-order chi connectivity index (χ1) is 10.5. The molecule has 0 amide bonds. The first-order valence-electron chi connectivity index (χ1n) is 7.52. The van der Waals surface area contributed by atoms with E-state index in [9.17, 15) is 15.0 Å². The standard InChI is InChI=1S/C19H22O3/c1-13(18(21)15-9-5-3-6-10-15)17(20)14(2)19(22)16-11-7-4-8-12-16/h3-14,18-19,21-22H,1-2H3. The van der Waals surface area contributed by atoms with E-state index < -0.39 is 24.0 Å². The van der Waals surface area contributed by atoms with Gasteiger partial charge in [0.05, 0.1) is 12.2 Å². The molecule has 3 nitrogen and oxygen atoms in total. The molecule has 0 radical (unpaired) electrons. The van der Waals surface area contributed by atoms with Crippen LogP contribution in [0, 0.1) is 11.8 Å². The van der Waals surface area contributed by atoms with E-state index in [1.54, 1.807) is 38.1 Å². The second-order valence-corrected chi connectivity index (χ2v) is 5.69. The number of carbonyl (C=O) groups excluding carboxylic acids is 1. The van der Waals surface area contributed by atoms with Crippen molar-refractivity contribution < 1.29 is 15.0 Å². The monoisotopic (exact) mass is 298 g/mol. The van der Waals surface area contributed by atoms with Crippen LogP contribution in [0.4, 0.5) is 0 Å². The Balaban J connectivity index is 2.10. The van der Waals surface area contributed by atoms with Crippen LogP contribution in [0.15, 0.2) is 60.7 Å². The lowest BCUT2D eigenvalue weighted by molar-refractivity contribution is -0.132. The Kier molecular flexibility index (Phi) is 5.47. The second-order valence-electron chi connectivity index (χ2n) is 5.69. The van der Waals surface area contributed by atoms with E-state index >= 15 is 0 Å². The summed E-state index contributed by atoms with van der Waals surface area (Å²) >= 11 is 0. The lowest BCUT2D eigenvalue weighted by Gasteiger charge is -2.24. The minimum atomic E-state index is -0.862. The summed E-state index contributed by atoms with van der Waals surface area (Å²) in [4.78, 5) is 12.6. The number of hydrogen-bond donors (Lipinski definition) is 2. The highest BCUT2D eigenvalue weighted by Crippen LogP contribution is 2.30. The molecule has 2 N–H and O–H groups in total. The number of aliphatic hydroxyl groups is 2. The number of Topliss-reactive ketones (excluding diaryl/α,β-unsaturated/α-hetero) is 1. The zero-order valence-electron chi connectivity index (χ0n) is 12.9. The van der Waals surface area contributed by atoms with E-state index in [1.165, 1.54) is 0 Å². The van der Waals surface area contributed by atoms with Crippen molar-refractivity contribution in [2.24, 2.45) is 11.8 Å². The Morgan fingerprint density at radius 1 is 0.727 bits per heavy atom. The maximum atomic E-state index is 12.6. The van der Waals surface area contributed by atoms with Gasteiger partial charge in [-0.05, 0) is 11.1 Å². The van der Waals surface area contributed by atoms with Gasteiger partial charge in [-0.2, -0.15) is 0 Å². The minimum absolute atomic E-state index is 0.146. The minimum Gasteiger partial charge on any atom is -0.388 e. The van der Waals surface area contributed by atoms with Crippen LogP contribution >= 0.6 is 0 Å². The molecule has 4 atom stereocenters. The first-order valence-corrected chi connectivity index (χ1v) is 7.52. The molecule has 0 fully saturated rings. The zero-order chi connectivity index (χ0) is 16.1. The summed E-state index contributed by atoms with van der Waals surface area (Å²) < 4.78 is 0. The van der Waals surface area contributed by atoms with Gasteiger partial charge in [-0.3, -0.25) is 4.79 Å². The molecule has 2 aromatic rings. The predicted molar refractivity (Wildman–Crippen MR) is 86.1 cm³/mol. The largest absolute Gasteiger partial charge is 0.388 e. The van der Waals surface area contributed by atoms with E-state index in [-0.39, 0.29) is 5.78 Å². The summed E-state index contributed by atoms with van der Waals surface area (Å²) in [6, 6.07) is 18.2. The molecule has 2 aromatic carbocycles. The molecule has 3 heteroatoms. The van der Waals surface area contributed by atoms with E-state index in [4.69, 9.17) is 0 Å². The summed E-state index contributed by atoms with van der Waals surface area (Å²) in [5.74, 6) is -1.29. The predicted octanol–water partition coefficient (Wildman–Crippen LogP) is 3.29. The van der Waals surface area contributed by atoms with Crippen LogP contribution in [0.2, 0.25) is 0 Å². The van der Waals surface area contributed by atoms with E-state index in [2.05, 4.69) is 0 Å². The zero-order valence-corrected chi connectivity index (χ0v) is 12.9. The van der Waals surface area contributed by atoms with Crippen molar-refractivity contribution in [1.82, 2.24) is 0 Å². The van der Waals surface area contributed by atoms with E-state index in [1.807, 2.05) is 36.4 Å². The Labute approximate surface area is 131 Å². The smallest absolute Gasteiger partial charge is 0.144 e. The van der Waals surface area contributed by atoms with Crippen LogP contribution < -0.4 is 0 Å². The highest BCUT2D eigenvalue weighted by molar-refractivity contribution is 5.84. The molecular weight excluding hydrogens is 276 g/mol. The third-order valence-electron chi connectivity index (χ3n) is 4.13. The Morgan fingerprint density at radius 3 is 1.36 bits per heavy atom. The Morgan fingerprint density at radius 2 is 1.05 bits per heavy atom. The third kappa shape index (κ3) is 3.62. The van der Waals surface area contributed by atoms with Gasteiger partial charge in [-0.25, -0.2) is 0 Å². The van der Waals surface area contributed by atoms with E-state index in [0.717, 1.165) is 0 Å². The van der Waals surface area contributed by atoms with Gasteiger partial charge < -0.3 is 10.2 Å². The number of rotatable bonds is 6. The van der Waals surface area contributed by atoms with Gasteiger partial charge in [-0.1, -0.05) is 74.5 Å². The molecule has 4 unspecified atom stereocenters. The number of aliphatic hydroxyl groups excluding tert-OH is 2. The van der Waals surface area contributed by atoms with Crippen LogP contribution in [-0.2, 0) is 4.79 Å². The average molecular weight is 298 g/mol. The van der Waals surface area contributed by atoms with Crippen LogP contribution in [0.25, 0.3) is 0 Å². The molecule has 0 heterocycles. The number of benzene rings is 2. The molecule has 116 valence electrons. The highest BCUT2D eigenvalue weighted by Gasteiger charge is 2.31. The number of hydrogen-bond acceptors (Lipinski definition) is 3. The molecule has 0 spiro atoms. The van der Waals surface area contributed by atoms with Gasteiger partial charge in [0.15, 0.2) is 0 Å². The fourth-order valence-electron chi connectivity index (χ4n) is 2.60. The SMILES string of the molecule is CC(C(=O)C(C)C(O)c1ccccc1)C(O)c1ccccc1. The quantitative estimate of drug-likeness (QED) is 0.860. The van der Waals surface area contributed by atoms with Crippen molar-refractivity contribution in [2.45, 2.75) is 26.1 Å². The average Bonchev–Trinajstić information content (AvgIpc) is 2.60. The van der Waals surface area contributed by atoms with Crippen molar-refractivity contribution in [2.75, 3.05) is 0 Å². The first kappa shape index (κ1) is 16.4. The molecule has 0 saturated carbocycles. The Bertz CT molecular complexity index is 541. The molecular formula is C19H22O3. The van der Waals surface area contributed by atoms with Crippen LogP contribution in [0.1, 0.15) is 37.2 Å². The summed E-state index contributed by atoms with van der Waals surface area (Å²) in [5, 5.41) is 20.7. The summed E-state index contributed by atoms with van der Waals surface area (Å²) in [6.07, 6.45) is -1.72. The molecule has 0 aliphatic carbocycles. The molecule has 0 saturated heterocycles. The fraction of sp³-hybridized carbons (Fsp3) is 0.316. The van der Waals surface area contributed by atoms with Gasteiger partial charge >= 0.3 is 0 Å². The van der Waals surface area contributed by atoms with Gasteiger partial charge in [-0.15, -0.1) is 0 Å². The van der Waals surface area contributed by atoms with Crippen molar-refractivity contribution in [3.8, 4) is 0 Å². The van der Waals surface area contributed by atoms with Crippen LogP contribution in [0.5, 0.6) is 0 Å². The lowest BCUT2D eigenvalue weighted by Crippen LogP contribution is -2.28. The van der Waals surface area contributed by atoms with Gasteiger partial charge in [0.2, 0.25) is 0 Å². The number of ketones is 1. The lowest BCUT2D eigenvalue weighted by atomic mass is 9.84.